The average molecular weight is 253 g/mol. The van der Waals surface area contributed by atoms with Gasteiger partial charge < -0.3 is 0 Å². The lowest BCUT2D eigenvalue weighted by Gasteiger charge is -2.19. The molecular formula is C16H19NSi. The van der Waals surface area contributed by atoms with Crippen molar-refractivity contribution in [1.29, 1.82) is 0 Å². The topological polar surface area (TPSA) is 12.9 Å². The van der Waals surface area contributed by atoms with E-state index in [2.05, 4.69) is 66.6 Å². The van der Waals surface area contributed by atoms with Crippen LogP contribution in [0, 0.1) is 0 Å². The fourth-order valence-electron chi connectivity index (χ4n) is 1.92. The van der Waals surface area contributed by atoms with Crippen molar-refractivity contribution in [3.63, 3.8) is 0 Å². The fourth-order valence-corrected chi connectivity index (χ4v) is 3.81. The number of aromatic nitrogens is 1. The predicted octanol–water partition coefficient (Wildman–Crippen LogP) is 3.71. The summed E-state index contributed by atoms with van der Waals surface area (Å²) in [6.45, 7) is 4.73. The van der Waals surface area contributed by atoms with Gasteiger partial charge in [-0.1, -0.05) is 61.6 Å². The van der Waals surface area contributed by atoms with Crippen LogP contribution in [0.2, 0.25) is 19.1 Å². The summed E-state index contributed by atoms with van der Waals surface area (Å²) in [4.78, 5) is 4.50. The summed E-state index contributed by atoms with van der Waals surface area (Å²) in [6, 6.07) is 17.8. The lowest BCUT2D eigenvalue weighted by Crippen LogP contribution is -2.42. The van der Waals surface area contributed by atoms with Gasteiger partial charge in [0.2, 0.25) is 0 Å². The smallest absolute Gasteiger partial charge is 0.108 e. The van der Waals surface area contributed by atoms with E-state index in [-0.39, 0.29) is 0 Å². The summed E-state index contributed by atoms with van der Waals surface area (Å²) in [7, 11) is -1.43. The number of hydrogen-bond acceptors (Lipinski definition) is 1. The van der Waals surface area contributed by atoms with Gasteiger partial charge in [-0.3, -0.25) is 4.98 Å². The molecule has 0 radical (unpaired) electrons. The number of hydrogen-bond donors (Lipinski definition) is 0. The van der Waals surface area contributed by atoms with Gasteiger partial charge in [0.1, 0.15) is 8.07 Å². The molecule has 0 fully saturated rings. The molecule has 0 spiro atoms. The number of nitrogens with zero attached hydrogens (tertiary/aromatic N) is 1. The number of benzene rings is 1. The monoisotopic (exact) mass is 253 g/mol. The lowest BCUT2D eigenvalue weighted by atomic mass is 10.2. The molecule has 2 rings (SSSR count). The Balaban J connectivity index is 2.04. The van der Waals surface area contributed by atoms with Crippen molar-refractivity contribution in [3.05, 3.63) is 66.4 Å². The minimum atomic E-state index is -1.43. The molecule has 1 heterocycles. The minimum Gasteiger partial charge on any atom is -0.266 e. The van der Waals surface area contributed by atoms with E-state index in [9.17, 15) is 0 Å². The summed E-state index contributed by atoms with van der Waals surface area (Å²) >= 11 is 0. The molecule has 92 valence electrons. The van der Waals surface area contributed by atoms with Gasteiger partial charge in [0, 0.05) is 11.5 Å². The zero-order chi connectivity index (χ0) is 12.8. The number of rotatable bonds is 4. The third kappa shape index (κ3) is 3.41. The number of allylic oxidation sites excluding steroid dienone is 1. The normalized spacial score (nSPS) is 11.9. The van der Waals surface area contributed by atoms with Crippen molar-refractivity contribution >= 4 is 19.5 Å². The second-order valence-corrected chi connectivity index (χ2v) is 9.80. The summed E-state index contributed by atoms with van der Waals surface area (Å²) < 4.78 is 0. The first-order valence-electron chi connectivity index (χ1n) is 6.31. The van der Waals surface area contributed by atoms with Gasteiger partial charge in [-0.2, -0.15) is 0 Å². The molecule has 18 heavy (non-hydrogen) atoms. The van der Waals surface area contributed by atoms with Crippen LogP contribution in [0.1, 0.15) is 5.56 Å². The number of pyridine rings is 1. The van der Waals surface area contributed by atoms with Crippen LogP contribution >= 0.6 is 0 Å². The molecule has 0 saturated heterocycles. The van der Waals surface area contributed by atoms with Crippen LogP contribution in [-0.4, -0.2) is 13.1 Å². The Bertz CT molecular complexity index is 503. The highest BCUT2D eigenvalue weighted by Crippen LogP contribution is 2.11. The van der Waals surface area contributed by atoms with Crippen LogP contribution in [0.15, 0.2) is 60.8 Å². The van der Waals surface area contributed by atoms with Crippen LogP contribution in [0.4, 0.5) is 0 Å². The van der Waals surface area contributed by atoms with Crippen molar-refractivity contribution in [3.8, 4) is 0 Å². The second-order valence-electron chi connectivity index (χ2n) is 5.12. The van der Waals surface area contributed by atoms with Crippen LogP contribution in [0.5, 0.6) is 0 Å². The van der Waals surface area contributed by atoms with Crippen LogP contribution in [-0.2, 0) is 0 Å². The molecule has 2 aromatic rings. The molecule has 0 saturated carbocycles. The Morgan fingerprint density at radius 1 is 1.00 bits per heavy atom. The zero-order valence-electron chi connectivity index (χ0n) is 11.0. The first-order valence-corrected chi connectivity index (χ1v) is 9.52. The molecule has 0 bridgehead atoms. The van der Waals surface area contributed by atoms with Gasteiger partial charge >= 0.3 is 0 Å². The summed E-state index contributed by atoms with van der Waals surface area (Å²) in [6.07, 6.45) is 6.39. The molecule has 0 aliphatic carbocycles. The molecular weight excluding hydrogens is 234 g/mol. The minimum absolute atomic E-state index is 1.12. The van der Waals surface area contributed by atoms with Crippen molar-refractivity contribution in [1.82, 2.24) is 4.98 Å². The highest BCUT2D eigenvalue weighted by molar-refractivity contribution is 6.89. The Hall–Kier alpha value is -1.67. The SMILES string of the molecule is C[Si](C)(C/C=C/c1ccccc1)c1ccccn1. The maximum Gasteiger partial charge on any atom is 0.108 e. The Morgan fingerprint density at radius 2 is 1.72 bits per heavy atom. The van der Waals surface area contributed by atoms with E-state index in [0.29, 0.717) is 0 Å². The molecule has 1 aromatic carbocycles. The Morgan fingerprint density at radius 3 is 2.39 bits per heavy atom. The van der Waals surface area contributed by atoms with Gasteiger partial charge in [-0.25, -0.2) is 0 Å². The molecule has 0 N–H and O–H groups in total. The van der Waals surface area contributed by atoms with E-state index >= 15 is 0 Å². The molecule has 2 heteroatoms. The molecule has 0 aliphatic rings. The fraction of sp³-hybridized carbons (Fsp3) is 0.188. The highest BCUT2D eigenvalue weighted by Gasteiger charge is 2.22. The average Bonchev–Trinajstić information content (AvgIpc) is 2.41. The third-order valence-electron chi connectivity index (χ3n) is 3.10. The Kier molecular flexibility index (Phi) is 4.10. The molecule has 0 atom stereocenters. The predicted molar refractivity (Wildman–Crippen MR) is 81.6 cm³/mol. The quantitative estimate of drug-likeness (QED) is 0.757. The molecule has 0 aliphatic heterocycles. The van der Waals surface area contributed by atoms with Crippen LogP contribution in [0.3, 0.4) is 0 Å². The van der Waals surface area contributed by atoms with Crippen molar-refractivity contribution in [2.45, 2.75) is 19.1 Å². The summed E-state index contributed by atoms with van der Waals surface area (Å²) in [5.74, 6) is 0. The van der Waals surface area contributed by atoms with E-state index < -0.39 is 8.07 Å². The standard InChI is InChI=1S/C16H19NSi/c1-18(2,16-12-6-7-13-17-16)14-8-11-15-9-4-3-5-10-15/h3-13H,14H2,1-2H3/b11-8+. The van der Waals surface area contributed by atoms with E-state index in [1.807, 2.05) is 18.3 Å². The van der Waals surface area contributed by atoms with E-state index in [1.54, 1.807) is 0 Å². The molecule has 0 amide bonds. The first-order chi connectivity index (χ1) is 8.68. The summed E-state index contributed by atoms with van der Waals surface area (Å²) in [5, 5.41) is 1.28. The van der Waals surface area contributed by atoms with Gasteiger partial charge in [-0.15, -0.1) is 0 Å². The highest BCUT2D eigenvalue weighted by atomic mass is 28.3. The van der Waals surface area contributed by atoms with Crippen LogP contribution < -0.4 is 5.32 Å². The van der Waals surface area contributed by atoms with Gasteiger partial charge in [-0.05, 0) is 23.7 Å². The summed E-state index contributed by atoms with van der Waals surface area (Å²) in [5.41, 5.74) is 1.27. The molecule has 1 nitrogen and oxygen atoms in total. The van der Waals surface area contributed by atoms with E-state index in [4.69, 9.17) is 0 Å². The van der Waals surface area contributed by atoms with Crippen LogP contribution in [0.25, 0.3) is 6.08 Å². The van der Waals surface area contributed by atoms with Crippen molar-refractivity contribution in [2.24, 2.45) is 0 Å². The van der Waals surface area contributed by atoms with Gasteiger partial charge in [0.25, 0.3) is 0 Å². The molecule has 1 aromatic heterocycles. The molecule has 0 unspecified atom stereocenters. The lowest BCUT2D eigenvalue weighted by molar-refractivity contribution is 1.35. The van der Waals surface area contributed by atoms with Gasteiger partial charge in [0.05, 0.1) is 0 Å². The Labute approximate surface area is 110 Å². The largest absolute Gasteiger partial charge is 0.266 e. The van der Waals surface area contributed by atoms with Crippen molar-refractivity contribution in [2.75, 3.05) is 0 Å². The maximum atomic E-state index is 4.50. The zero-order valence-corrected chi connectivity index (χ0v) is 12.0. The third-order valence-corrected chi connectivity index (χ3v) is 6.04. The van der Waals surface area contributed by atoms with Gasteiger partial charge in [0.15, 0.2) is 0 Å². The first kappa shape index (κ1) is 12.8. The van der Waals surface area contributed by atoms with Crippen molar-refractivity contribution < 1.29 is 0 Å². The maximum absolute atomic E-state index is 4.50. The van der Waals surface area contributed by atoms with E-state index in [1.165, 1.54) is 10.9 Å². The second kappa shape index (κ2) is 5.78. The van der Waals surface area contributed by atoms with E-state index in [0.717, 1.165) is 6.04 Å².